The highest BCUT2D eigenvalue weighted by Crippen LogP contribution is 2.66. The van der Waals surface area contributed by atoms with Crippen LogP contribution < -0.4 is 4.90 Å². The molecule has 9 heteroatoms. The SMILES string of the molecule is C=CCCCCOC(=O)[C@@H]1[C@H]2C(=O)N([C@@H](CO)[C@@H](C)CC)C(C(=O)N(CC=C)c3ccc(Cl)cc3)C23CC(C)[C@@]1(C)O3. The van der Waals surface area contributed by atoms with Gasteiger partial charge in [-0.2, -0.15) is 0 Å². The van der Waals surface area contributed by atoms with E-state index in [9.17, 15) is 19.5 Å². The first-order valence-corrected chi connectivity index (χ1v) is 15.5. The number of halogens is 1. The zero-order valence-electron chi connectivity index (χ0n) is 25.3. The maximum Gasteiger partial charge on any atom is 0.312 e. The zero-order valence-corrected chi connectivity index (χ0v) is 26.0. The van der Waals surface area contributed by atoms with Gasteiger partial charge in [0, 0.05) is 17.3 Å². The van der Waals surface area contributed by atoms with Crippen molar-refractivity contribution in [3.63, 3.8) is 0 Å². The average Bonchev–Trinajstić information content (AvgIpc) is 3.48. The Bertz CT molecular complexity index is 1190. The van der Waals surface area contributed by atoms with Crippen molar-refractivity contribution in [2.24, 2.45) is 23.7 Å². The lowest BCUT2D eigenvalue weighted by Gasteiger charge is -2.41. The monoisotopic (exact) mass is 600 g/mol. The number of benzene rings is 1. The highest BCUT2D eigenvalue weighted by atomic mass is 35.5. The topological polar surface area (TPSA) is 96.4 Å². The molecule has 42 heavy (non-hydrogen) atoms. The number of rotatable bonds is 14. The van der Waals surface area contributed by atoms with E-state index in [1.165, 1.54) is 4.90 Å². The van der Waals surface area contributed by atoms with Crippen molar-refractivity contribution in [1.29, 1.82) is 0 Å². The van der Waals surface area contributed by atoms with Crippen LogP contribution in [0.25, 0.3) is 0 Å². The third kappa shape index (κ3) is 5.31. The molecule has 0 aliphatic carbocycles. The Morgan fingerprint density at radius 1 is 1.26 bits per heavy atom. The van der Waals surface area contributed by atoms with Crippen LogP contribution >= 0.6 is 11.6 Å². The number of aliphatic hydroxyl groups excluding tert-OH is 1. The smallest absolute Gasteiger partial charge is 0.312 e. The Morgan fingerprint density at radius 2 is 1.95 bits per heavy atom. The molecule has 1 aromatic carbocycles. The molecule has 230 valence electrons. The van der Waals surface area contributed by atoms with Crippen LogP contribution in [0.1, 0.15) is 59.8 Å². The molecule has 0 saturated carbocycles. The number of carbonyl (C=O) groups excluding carboxylic acids is 3. The number of likely N-dealkylation sites (tertiary alicyclic amines) is 1. The number of anilines is 1. The maximum atomic E-state index is 14.8. The lowest BCUT2D eigenvalue weighted by Crippen LogP contribution is -2.60. The van der Waals surface area contributed by atoms with Crippen LogP contribution in [0.5, 0.6) is 0 Å². The first kappa shape index (κ1) is 32.2. The molecule has 2 amide bonds. The van der Waals surface area contributed by atoms with Gasteiger partial charge in [0.1, 0.15) is 17.6 Å². The van der Waals surface area contributed by atoms with E-state index < -0.39 is 41.1 Å². The van der Waals surface area contributed by atoms with Gasteiger partial charge in [-0.3, -0.25) is 14.4 Å². The maximum absolute atomic E-state index is 14.8. The van der Waals surface area contributed by atoms with Gasteiger partial charge >= 0.3 is 5.97 Å². The van der Waals surface area contributed by atoms with Crippen LogP contribution in [-0.2, 0) is 23.9 Å². The summed E-state index contributed by atoms with van der Waals surface area (Å²) in [6.07, 6.45) is 6.93. The second-order valence-corrected chi connectivity index (χ2v) is 12.7. The first-order chi connectivity index (χ1) is 20.0. The van der Waals surface area contributed by atoms with Crippen LogP contribution in [-0.4, -0.2) is 70.8 Å². The van der Waals surface area contributed by atoms with Crippen LogP contribution in [0.2, 0.25) is 5.02 Å². The van der Waals surface area contributed by atoms with E-state index in [0.717, 1.165) is 12.8 Å². The average molecular weight is 601 g/mol. The third-order valence-corrected chi connectivity index (χ3v) is 10.1. The van der Waals surface area contributed by atoms with Crippen molar-refractivity contribution in [2.75, 3.05) is 24.7 Å². The number of esters is 1. The third-order valence-electron chi connectivity index (χ3n) is 9.85. The van der Waals surface area contributed by atoms with E-state index in [0.29, 0.717) is 30.0 Å². The highest BCUT2D eigenvalue weighted by Gasteiger charge is 2.81. The molecule has 1 spiro atoms. The molecule has 3 aliphatic rings. The Morgan fingerprint density at radius 3 is 2.55 bits per heavy atom. The Hall–Kier alpha value is -2.68. The van der Waals surface area contributed by atoms with Gasteiger partial charge in [0.05, 0.1) is 30.8 Å². The summed E-state index contributed by atoms with van der Waals surface area (Å²) in [5.41, 5.74) is -1.62. The Kier molecular flexibility index (Phi) is 9.90. The lowest BCUT2D eigenvalue weighted by molar-refractivity contribution is -0.163. The van der Waals surface area contributed by atoms with Gasteiger partial charge in [-0.15, -0.1) is 13.2 Å². The number of carbonyl (C=O) groups is 3. The largest absolute Gasteiger partial charge is 0.465 e. The molecule has 1 aromatic rings. The first-order valence-electron chi connectivity index (χ1n) is 15.1. The second-order valence-electron chi connectivity index (χ2n) is 12.3. The van der Waals surface area contributed by atoms with Gasteiger partial charge < -0.3 is 24.4 Å². The summed E-state index contributed by atoms with van der Waals surface area (Å²) in [6.45, 7) is 15.5. The van der Waals surface area contributed by atoms with Gasteiger partial charge in [-0.05, 0) is 68.7 Å². The number of aliphatic hydroxyl groups is 1. The second kappa shape index (κ2) is 12.9. The molecule has 2 bridgehead atoms. The van der Waals surface area contributed by atoms with Crippen LogP contribution in [0.4, 0.5) is 5.69 Å². The molecule has 3 unspecified atom stereocenters. The Labute approximate surface area is 254 Å². The minimum Gasteiger partial charge on any atom is -0.465 e. The van der Waals surface area contributed by atoms with E-state index in [1.54, 1.807) is 35.2 Å². The van der Waals surface area contributed by atoms with E-state index >= 15 is 0 Å². The number of hydrogen-bond acceptors (Lipinski definition) is 6. The molecule has 3 heterocycles. The number of unbranched alkanes of at least 4 members (excludes halogenated alkanes) is 2. The summed E-state index contributed by atoms with van der Waals surface area (Å²) in [7, 11) is 0. The molecule has 8 nitrogen and oxygen atoms in total. The van der Waals surface area contributed by atoms with Crippen LogP contribution in [0.15, 0.2) is 49.6 Å². The van der Waals surface area contributed by atoms with Gasteiger partial charge in [-0.1, -0.05) is 50.9 Å². The van der Waals surface area contributed by atoms with Crippen molar-refractivity contribution in [3.8, 4) is 0 Å². The summed E-state index contributed by atoms with van der Waals surface area (Å²) >= 11 is 6.14. The quantitative estimate of drug-likeness (QED) is 0.180. The number of allylic oxidation sites excluding steroid dienone is 1. The van der Waals surface area contributed by atoms with Crippen molar-refractivity contribution in [3.05, 3.63) is 54.6 Å². The summed E-state index contributed by atoms with van der Waals surface area (Å²) in [4.78, 5) is 46.2. The van der Waals surface area contributed by atoms with E-state index in [4.69, 9.17) is 21.1 Å². The fourth-order valence-corrected chi connectivity index (χ4v) is 7.49. The molecule has 1 N–H and O–H groups in total. The minimum atomic E-state index is -1.25. The highest BCUT2D eigenvalue weighted by molar-refractivity contribution is 6.30. The standard InChI is InChI=1S/C33H45ClN2O6/c1-7-10-11-12-18-41-31(40)27-26-29(38)36(25(20-37)21(4)9-3)28(33(26)19-22(5)32(27,6)42-33)30(39)35(17-8-2)24-15-13-23(34)14-16-24/h7-8,13-16,21-22,25-28,37H,1-2,9-12,17-20H2,3-6H3/t21-,22?,25-,26-,27-,28?,32+,33?/m0/s1. The number of ether oxygens (including phenoxy) is 2. The van der Waals surface area contributed by atoms with Crippen molar-refractivity contribution in [1.82, 2.24) is 4.90 Å². The molecular formula is C33H45ClN2O6. The van der Waals surface area contributed by atoms with Gasteiger partial charge in [0.2, 0.25) is 5.91 Å². The summed E-state index contributed by atoms with van der Waals surface area (Å²) in [6, 6.07) is 5.23. The zero-order chi connectivity index (χ0) is 30.8. The van der Waals surface area contributed by atoms with Crippen molar-refractivity contribution in [2.45, 2.75) is 83.1 Å². The summed E-state index contributed by atoms with van der Waals surface area (Å²) < 4.78 is 12.6. The predicted molar refractivity (Wildman–Crippen MR) is 163 cm³/mol. The van der Waals surface area contributed by atoms with E-state index in [-0.39, 0.29) is 43.4 Å². The number of hydrogen-bond donors (Lipinski definition) is 1. The number of fused-ring (bicyclic) bond motifs is 1. The van der Waals surface area contributed by atoms with Crippen molar-refractivity contribution < 1.29 is 29.0 Å². The Balaban J connectivity index is 1.80. The van der Waals surface area contributed by atoms with Crippen LogP contribution in [0.3, 0.4) is 0 Å². The van der Waals surface area contributed by atoms with Gasteiger partial charge in [0.15, 0.2) is 0 Å². The molecule has 8 atom stereocenters. The molecule has 3 fully saturated rings. The van der Waals surface area contributed by atoms with Crippen molar-refractivity contribution >= 4 is 35.1 Å². The fraction of sp³-hybridized carbons (Fsp3) is 0.606. The molecule has 3 saturated heterocycles. The molecular weight excluding hydrogens is 556 g/mol. The molecule has 3 aliphatic heterocycles. The lowest BCUT2D eigenvalue weighted by atomic mass is 9.62. The molecule has 0 aromatic heterocycles. The fourth-order valence-electron chi connectivity index (χ4n) is 7.36. The molecule has 0 radical (unpaired) electrons. The normalized spacial score (nSPS) is 31.0. The number of amides is 2. The van der Waals surface area contributed by atoms with Gasteiger partial charge in [0.25, 0.3) is 5.91 Å². The molecule has 4 rings (SSSR count). The predicted octanol–water partition coefficient (Wildman–Crippen LogP) is 5.18. The summed E-state index contributed by atoms with van der Waals surface area (Å²) in [5.74, 6) is -3.14. The van der Waals surface area contributed by atoms with E-state index in [2.05, 4.69) is 13.2 Å². The minimum absolute atomic E-state index is 0.103. The van der Waals surface area contributed by atoms with Gasteiger partial charge in [-0.25, -0.2) is 0 Å². The van der Waals surface area contributed by atoms with Crippen LogP contribution in [0, 0.1) is 23.7 Å². The summed E-state index contributed by atoms with van der Waals surface area (Å²) in [5, 5.41) is 11.1. The number of nitrogens with zero attached hydrogens (tertiary/aromatic N) is 2. The van der Waals surface area contributed by atoms with E-state index in [1.807, 2.05) is 33.8 Å².